The zero-order valence-corrected chi connectivity index (χ0v) is 27.1. The van der Waals surface area contributed by atoms with E-state index in [0.717, 1.165) is 5.56 Å². The van der Waals surface area contributed by atoms with Crippen LogP contribution in [0, 0.1) is 5.41 Å². The third-order valence-electron chi connectivity index (χ3n) is 8.75. The van der Waals surface area contributed by atoms with Crippen molar-refractivity contribution in [2.75, 3.05) is 53.1 Å². The predicted octanol–water partition coefficient (Wildman–Crippen LogP) is 2.67. The van der Waals surface area contributed by atoms with Gasteiger partial charge >= 0.3 is 6.09 Å². The van der Waals surface area contributed by atoms with Gasteiger partial charge in [0, 0.05) is 51.3 Å². The molecule has 47 heavy (non-hydrogen) atoms. The number of benzene rings is 2. The van der Waals surface area contributed by atoms with E-state index in [1.54, 1.807) is 29.7 Å². The number of hydrogen-bond donors (Lipinski definition) is 3. The van der Waals surface area contributed by atoms with Crippen LogP contribution in [0.4, 0.5) is 4.79 Å². The van der Waals surface area contributed by atoms with Crippen molar-refractivity contribution in [2.24, 2.45) is 5.41 Å². The summed E-state index contributed by atoms with van der Waals surface area (Å²) >= 11 is 0. The van der Waals surface area contributed by atoms with Crippen molar-refractivity contribution in [1.82, 2.24) is 30.6 Å². The number of methoxy groups -OCH3 is 1. The van der Waals surface area contributed by atoms with Crippen LogP contribution in [0.5, 0.6) is 5.75 Å². The lowest BCUT2D eigenvalue weighted by Gasteiger charge is -2.37. The van der Waals surface area contributed by atoms with Gasteiger partial charge in [0.05, 0.1) is 24.1 Å². The Balaban J connectivity index is 1.47. The van der Waals surface area contributed by atoms with Crippen molar-refractivity contribution in [3.63, 3.8) is 0 Å². The molecule has 0 saturated carbocycles. The quantitative estimate of drug-likeness (QED) is 0.331. The van der Waals surface area contributed by atoms with Gasteiger partial charge in [0.1, 0.15) is 11.4 Å². The molecule has 0 spiro atoms. The number of carbonyl (C=O) groups excluding carboxylic acids is 4. The van der Waals surface area contributed by atoms with E-state index in [2.05, 4.69) is 21.0 Å². The van der Waals surface area contributed by atoms with Gasteiger partial charge in [-0.2, -0.15) is 5.10 Å². The summed E-state index contributed by atoms with van der Waals surface area (Å²) in [5.41, 5.74) is 0.780. The minimum atomic E-state index is -1.06. The average molecular weight is 649 g/mol. The zero-order valence-electron chi connectivity index (χ0n) is 27.1. The van der Waals surface area contributed by atoms with E-state index in [-0.39, 0.29) is 56.1 Å². The summed E-state index contributed by atoms with van der Waals surface area (Å²) in [6.07, 6.45) is 2.14. The molecule has 3 N–H and O–H groups in total. The van der Waals surface area contributed by atoms with Crippen LogP contribution in [0.2, 0.25) is 0 Å². The lowest BCUT2D eigenvalue weighted by Crippen LogP contribution is -2.54. The van der Waals surface area contributed by atoms with Gasteiger partial charge in [0.2, 0.25) is 5.91 Å². The summed E-state index contributed by atoms with van der Waals surface area (Å²) in [7, 11) is 1.62. The van der Waals surface area contributed by atoms with Gasteiger partial charge in [-0.05, 0) is 62.8 Å². The van der Waals surface area contributed by atoms with E-state index in [1.807, 2.05) is 42.5 Å². The highest BCUT2D eigenvalue weighted by molar-refractivity contribution is 6.05. The largest absolute Gasteiger partial charge is 0.484 e. The van der Waals surface area contributed by atoms with Gasteiger partial charge in [-0.3, -0.25) is 19.1 Å². The Bertz CT molecular complexity index is 1570. The van der Waals surface area contributed by atoms with Crippen LogP contribution in [-0.2, 0) is 32.0 Å². The van der Waals surface area contributed by atoms with E-state index >= 15 is 0 Å². The standard InChI is InChI=1S/C34H44N6O7/c1-3-46-33(44)39-16-12-25(13-17-39)37-32(43)34(14-7-19-45-2)21-24-8-6-9-26(20-24)47-22-29(41)35-15-18-40-30(31(42)36-23-34)27-10-4-5-11-28(27)38-40/h4-6,8-11,20,25H,3,7,12-19,21-23H2,1-2H3,(H,35,41)(H,36,42)(H,37,43). The third kappa shape index (κ3) is 8.39. The second kappa shape index (κ2) is 15.8. The summed E-state index contributed by atoms with van der Waals surface area (Å²) in [6.45, 7) is 3.86. The molecular weight excluding hydrogens is 604 g/mol. The third-order valence-corrected chi connectivity index (χ3v) is 8.75. The normalized spacial score (nSPS) is 19.7. The Morgan fingerprint density at radius 1 is 1.09 bits per heavy atom. The molecule has 0 radical (unpaired) electrons. The number of ether oxygens (including phenoxy) is 3. The predicted molar refractivity (Wildman–Crippen MR) is 174 cm³/mol. The van der Waals surface area contributed by atoms with E-state index in [1.165, 1.54) is 0 Å². The Kier molecular flexibility index (Phi) is 11.3. The van der Waals surface area contributed by atoms with Crippen LogP contribution in [0.25, 0.3) is 10.9 Å². The molecule has 2 aromatic carbocycles. The van der Waals surface area contributed by atoms with Crippen molar-refractivity contribution in [3.8, 4) is 5.75 Å². The fourth-order valence-electron chi connectivity index (χ4n) is 6.28. The summed E-state index contributed by atoms with van der Waals surface area (Å²) in [5, 5.41) is 14.5. The lowest BCUT2D eigenvalue weighted by molar-refractivity contribution is -0.132. The molecule has 252 valence electrons. The van der Waals surface area contributed by atoms with Crippen molar-refractivity contribution in [3.05, 3.63) is 59.8 Å². The Hall–Kier alpha value is -4.65. The first kappa shape index (κ1) is 33.7. The number of fused-ring (bicyclic) bond motifs is 5. The fourth-order valence-corrected chi connectivity index (χ4v) is 6.28. The number of piperidine rings is 1. The van der Waals surface area contributed by atoms with E-state index < -0.39 is 5.41 Å². The molecule has 1 unspecified atom stereocenters. The summed E-state index contributed by atoms with van der Waals surface area (Å²) in [4.78, 5) is 55.0. The maximum Gasteiger partial charge on any atom is 0.409 e. The van der Waals surface area contributed by atoms with Crippen molar-refractivity contribution in [1.29, 1.82) is 0 Å². The average Bonchev–Trinajstić information content (AvgIpc) is 3.44. The molecule has 4 amide bonds. The number of nitrogens with one attached hydrogen (secondary N) is 3. The Morgan fingerprint density at radius 2 is 1.89 bits per heavy atom. The summed E-state index contributed by atoms with van der Waals surface area (Å²) in [6, 6.07) is 14.6. The highest BCUT2D eigenvalue weighted by Gasteiger charge is 2.40. The summed E-state index contributed by atoms with van der Waals surface area (Å²) in [5.74, 6) is -0.339. The first-order chi connectivity index (χ1) is 22.8. The Morgan fingerprint density at radius 3 is 2.68 bits per heavy atom. The SMILES string of the molecule is CCOC(=O)N1CCC(NC(=O)C2(CCCOC)CNC(=O)c3c4ccccc4nn3CCNC(=O)COc3cccc(c3)C2)CC1. The van der Waals surface area contributed by atoms with E-state index in [0.29, 0.717) is 80.8 Å². The number of carbonyl (C=O) groups is 4. The van der Waals surface area contributed by atoms with Crippen LogP contribution in [0.3, 0.4) is 0 Å². The number of aromatic nitrogens is 2. The highest BCUT2D eigenvalue weighted by atomic mass is 16.6. The first-order valence-corrected chi connectivity index (χ1v) is 16.3. The van der Waals surface area contributed by atoms with Crippen molar-refractivity contribution < 1.29 is 33.4 Å². The molecule has 2 aliphatic heterocycles. The minimum Gasteiger partial charge on any atom is -0.484 e. The first-order valence-electron chi connectivity index (χ1n) is 16.3. The van der Waals surface area contributed by atoms with Crippen LogP contribution in [0.15, 0.2) is 48.5 Å². The molecule has 1 saturated heterocycles. The molecule has 0 aliphatic carbocycles. The number of hydrogen-bond acceptors (Lipinski definition) is 8. The van der Waals surface area contributed by atoms with Crippen molar-refractivity contribution in [2.45, 2.75) is 51.6 Å². The van der Waals surface area contributed by atoms with Crippen LogP contribution in [-0.4, -0.2) is 97.6 Å². The molecule has 1 aromatic heterocycles. The van der Waals surface area contributed by atoms with Crippen LogP contribution < -0.4 is 20.7 Å². The molecule has 1 atom stereocenters. The fraction of sp³-hybridized carbons (Fsp3) is 0.500. The zero-order chi connectivity index (χ0) is 33.2. The molecule has 13 nitrogen and oxygen atoms in total. The molecular formula is C34H44N6O7. The number of amides is 4. The Labute approximate surface area is 274 Å². The lowest BCUT2D eigenvalue weighted by atomic mass is 9.76. The number of likely N-dealkylation sites (tertiary alicyclic amines) is 1. The van der Waals surface area contributed by atoms with Gasteiger partial charge < -0.3 is 35.1 Å². The van der Waals surface area contributed by atoms with Gasteiger partial charge in [-0.1, -0.05) is 30.3 Å². The second-order valence-corrected chi connectivity index (χ2v) is 12.0. The van der Waals surface area contributed by atoms with Gasteiger partial charge in [0.15, 0.2) is 6.61 Å². The molecule has 3 heterocycles. The molecule has 2 aliphatic rings. The second-order valence-electron chi connectivity index (χ2n) is 12.0. The molecule has 3 aromatic rings. The molecule has 1 fully saturated rings. The monoisotopic (exact) mass is 648 g/mol. The topological polar surface area (TPSA) is 153 Å². The minimum absolute atomic E-state index is 0.0599. The van der Waals surface area contributed by atoms with Crippen LogP contribution >= 0.6 is 0 Å². The van der Waals surface area contributed by atoms with E-state index in [9.17, 15) is 19.2 Å². The van der Waals surface area contributed by atoms with Gasteiger partial charge in [-0.15, -0.1) is 0 Å². The molecule has 13 heteroatoms. The highest BCUT2D eigenvalue weighted by Crippen LogP contribution is 2.32. The summed E-state index contributed by atoms with van der Waals surface area (Å²) < 4.78 is 17.9. The van der Waals surface area contributed by atoms with Crippen LogP contribution in [0.1, 0.15) is 48.7 Å². The van der Waals surface area contributed by atoms with Gasteiger partial charge in [-0.25, -0.2) is 4.79 Å². The smallest absolute Gasteiger partial charge is 0.409 e. The van der Waals surface area contributed by atoms with Gasteiger partial charge in [0.25, 0.3) is 11.8 Å². The number of nitrogens with zero attached hydrogens (tertiary/aromatic N) is 3. The maximum absolute atomic E-state index is 14.5. The van der Waals surface area contributed by atoms with E-state index in [4.69, 9.17) is 14.2 Å². The molecule has 5 rings (SSSR count). The van der Waals surface area contributed by atoms with Crippen molar-refractivity contribution >= 4 is 34.7 Å². The maximum atomic E-state index is 14.5. The molecule has 2 bridgehead atoms. The number of rotatable bonds is 7.